The second-order valence-electron chi connectivity index (χ2n) is 2.30. The molecular formula is C7H4Cl3NO3. The van der Waals surface area contributed by atoms with E-state index in [1.165, 1.54) is 24.3 Å². The summed E-state index contributed by atoms with van der Waals surface area (Å²) in [5.41, 5.74) is -0.128. The molecule has 0 saturated carbocycles. The fraction of sp³-hybridized carbons (Fsp3) is 0.143. The number of nitro groups is 1. The van der Waals surface area contributed by atoms with Crippen LogP contribution < -0.4 is 4.74 Å². The molecule has 0 saturated heterocycles. The standard InChI is InChI=1S/C7H4Cl3NO3/c8-7(9,10)14-6-3-1-2-5(4-6)11(12)13/h1-4H. The van der Waals surface area contributed by atoms with Gasteiger partial charge in [-0.25, -0.2) is 0 Å². The number of alkyl halides is 3. The third kappa shape index (κ3) is 3.57. The van der Waals surface area contributed by atoms with E-state index in [0.717, 1.165) is 0 Å². The Hall–Kier alpha value is -0.710. The normalized spacial score (nSPS) is 11.1. The van der Waals surface area contributed by atoms with Crippen LogP contribution in [-0.2, 0) is 0 Å². The predicted molar refractivity (Wildman–Crippen MR) is 54.0 cm³/mol. The van der Waals surface area contributed by atoms with Crippen molar-refractivity contribution in [2.75, 3.05) is 0 Å². The van der Waals surface area contributed by atoms with E-state index < -0.39 is 8.90 Å². The minimum atomic E-state index is -1.92. The molecule has 0 aliphatic heterocycles. The number of ether oxygens (including phenoxy) is 1. The van der Waals surface area contributed by atoms with E-state index in [-0.39, 0.29) is 11.4 Å². The van der Waals surface area contributed by atoms with Crippen LogP contribution in [0.5, 0.6) is 5.75 Å². The first-order valence-corrected chi connectivity index (χ1v) is 4.52. The second-order valence-corrected chi connectivity index (χ2v) is 4.48. The van der Waals surface area contributed by atoms with Crippen molar-refractivity contribution in [2.45, 2.75) is 3.98 Å². The number of halogens is 3. The van der Waals surface area contributed by atoms with Crippen molar-refractivity contribution in [1.82, 2.24) is 0 Å². The van der Waals surface area contributed by atoms with Gasteiger partial charge in [0.15, 0.2) is 0 Å². The Morgan fingerprint density at radius 3 is 2.50 bits per heavy atom. The number of hydrogen-bond acceptors (Lipinski definition) is 3. The van der Waals surface area contributed by atoms with Gasteiger partial charge in [-0.2, -0.15) is 0 Å². The van der Waals surface area contributed by atoms with Gasteiger partial charge >= 0.3 is 3.98 Å². The maximum atomic E-state index is 10.4. The van der Waals surface area contributed by atoms with Gasteiger partial charge in [0.25, 0.3) is 5.69 Å². The molecule has 1 rings (SSSR count). The SMILES string of the molecule is O=[N+]([O-])c1cccc(OC(Cl)(Cl)Cl)c1. The number of rotatable bonds is 2. The van der Waals surface area contributed by atoms with Crippen LogP contribution in [0.15, 0.2) is 24.3 Å². The first kappa shape index (κ1) is 11.4. The molecule has 0 amide bonds. The molecule has 14 heavy (non-hydrogen) atoms. The lowest BCUT2D eigenvalue weighted by Crippen LogP contribution is -2.12. The van der Waals surface area contributed by atoms with Crippen molar-refractivity contribution < 1.29 is 9.66 Å². The van der Waals surface area contributed by atoms with Crippen LogP contribution in [0, 0.1) is 10.1 Å². The molecule has 0 heterocycles. The molecule has 0 fully saturated rings. The molecule has 7 heteroatoms. The number of hydrogen-bond donors (Lipinski definition) is 0. The highest BCUT2D eigenvalue weighted by molar-refractivity contribution is 6.66. The monoisotopic (exact) mass is 255 g/mol. The van der Waals surface area contributed by atoms with E-state index in [9.17, 15) is 10.1 Å². The van der Waals surface area contributed by atoms with Crippen LogP contribution >= 0.6 is 34.8 Å². The summed E-state index contributed by atoms with van der Waals surface area (Å²) in [6.45, 7) is 0. The maximum absolute atomic E-state index is 10.4. The number of nitro benzene ring substituents is 1. The van der Waals surface area contributed by atoms with Gasteiger partial charge in [-0.3, -0.25) is 10.1 Å². The Morgan fingerprint density at radius 2 is 2.00 bits per heavy atom. The highest BCUT2D eigenvalue weighted by Crippen LogP contribution is 2.31. The number of benzene rings is 1. The van der Waals surface area contributed by atoms with Gasteiger partial charge in [0.1, 0.15) is 5.75 Å². The first-order valence-electron chi connectivity index (χ1n) is 3.39. The van der Waals surface area contributed by atoms with E-state index in [0.29, 0.717) is 0 Å². The van der Waals surface area contributed by atoms with E-state index in [1.807, 2.05) is 0 Å². The molecule has 0 bridgehead atoms. The van der Waals surface area contributed by atoms with Gasteiger partial charge in [0.2, 0.25) is 0 Å². The molecule has 0 atom stereocenters. The third-order valence-corrected chi connectivity index (χ3v) is 1.49. The van der Waals surface area contributed by atoms with Gasteiger partial charge in [-0.15, -0.1) is 0 Å². The Bertz CT molecular complexity index is 350. The Balaban J connectivity index is 2.89. The lowest BCUT2D eigenvalue weighted by molar-refractivity contribution is -0.384. The summed E-state index contributed by atoms with van der Waals surface area (Å²) < 4.78 is 2.86. The van der Waals surface area contributed by atoms with Gasteiger partial charge < -0.3 is 4.74 Å². The molecule has 0 aliphatic rings. The topological polar surface area (TPSA) is 52.4 Å². The van der Waals surface area contributed by atoms with Gasteiger partial charge in [0.05, 0.1) is 11.0 Å². The zero-order chi connectivity index (χ0) is 10.8. The molecule has 4 nitrogen and oxygen atoms in total. The number of non-ortho nitro benzene ring substituents is 1. The second kappa shape index (κ2) is 4.21. The number of nitrogens with zero attached hydrogens (tertiary/aromatic N) is 1. The maximum Gasteiger partial charge on any atom is 0.338 e. The molecule has 0 aliphatic carbocycles. The van der Waals surface area contributed by atoms with Crippen molar-refractivity contribution in [3.63, 3.8) is 0 Å². The lowest BCUT2D eigenvalue weighted by Gasteiger charge is -2.12. The van der Waals surface area contributed by atoms with Crippen molar-refractivity contribution in [3.8, 4) is 5.75 Å². The molecule has 0 radical (unpaired) electrons. The summed E-state index contributed by atoms with van der Waals surface area (Å²) in [6.07, 6.45) is 0. The van der Waals surface area contributed by atoms with E-state index in [4.69, 9.17) is 39.5 Å². The third-order valence-electron chi connectivity index (χ3n) is 1.26. The van der Waals surface area contributed by atoms with Crippen LogP contribution in [0.3, 0.4) is 0 Å². The van der Waals surface area contributed by atoms with Crippen molar-refractivity contribution in [2.24, 2.45) is 0 Å². The average Bonchev–Trinajstić information content (AvgIpc) is 2.01. The average molecular weight is 256 g/mol. The van der Waals surface area contributed by atoms with Crippen LogP contribution in [0.25, 0.3) is 0 Å². The molecule has 0 spiro atoms. The zero-order valence-electron chi connectivity index (χ0n) is 6.62. The highest BCUT2D eigenvalue weighted by atomic mass is 35.6. The lowest BCUT2D eigenvalue weighted by atomic mass is 10.3. The summed E-state index contributed by atoms with van der Waals surface area (Å²) in [7, 11) is 0. The summed E-state index contributed by atoms with van der Waals surface area (Å²) >= 11 is 16.0. The highest BCUT2D eigenvalue weighted by Gasteiger charge is 2.22. The Kier molecular flexibility index (Phi) is 3.42. The summed E-state index contributed by atoms with van der Waals surface area (Å²) in [6, 6.07) is 5.37. The minimum Gasteiger partial charge on any atom is -0.445 e. The van der Waals surface area contributed by atoms with Crippen molar-refractivity contribution >= 4 is 40.5 Å². The Morgan fingerprint density at radius 1 is 1.36 bits per heavy atom. The van der Waals surface area contributed by atoms with Crippen LogP contribution in [-0.4, -0.2) is 8.90 Å². The minimum absolute atomic E-state index is 0.124. The predicted octanol–water partition coefficient (Wildman–Crippen LogP) is 3.30. The van der Waals surface area contributed by atoms with E-state index in [2.05, 4.69) is 0 Å². The van der Waals surface area contributed by atoms with Crippen molar-refractivity contribution in [1.29, 1.82) is 0 Å². The van der Waals surface area contributed by atoms with Crippen LogP contribution in [0.4, 0.5) is 5.69 Å². The van der Waals surface area contributed by atoms with Crippen LogP contribution in [0.2, 0.25) is 0 Å². The van der Waals surface area contributed by atoms with E-state index in [1.54, 1.807) is 0 Å². The molecule has 0 unspecified atom stereocenters. The summed E-state index contributed by atoms with van der Waals surface area (Å²) in [5.74, 6) is 0.124. The molecule has 1 aromatic carbocycles. The van der Waals surface area contributed by atoms with Gasteiger partial charge in [-0.05, 0) is 40.9 Å². The van der Waals surface area contributed by atoms with Gasteiger partial charge in [0, 0.05) is 6.07 Å². The summed E-state index contributed by atoms with van der Waals surface area (Å²) in [5, 5.41) is 10.4. The largest absolute Gasteiger partial charge is 0.445 e. The van der Waals surface area contributed by atoms with E-state index >= 15 is 0 Å². The zero-order valence-corrected chi connectivity index (χ0v) is 8.88. The van der Waals surface area contributed by atoms with Crippen LogP contribution in [0.1, 0.15) is 0 Å². The summed E-state index contributed by atoms with van der Waals surface area (Å²) in [4.78, 5) is 9.81. The molecule has 1 aromatic rings. The molecule has 0 aromatic heterocycles. The molecule has 0 N–H and O–H groups in total. The molecule has 76 valence electrons. The molecular weight excluding hydrogens is 252 g/mol. The van der Waals surface area contributed by atoms with Gasteiger partial charge in [-0.1, -0.05) is 6.07 Å². The van der Waals surface area contributed by atoms with Crippen molar-refractivity contribution in [3.05, 3.63) is 34.4 Å². The fourth-order valence-corrected chi connectivity index (χ4v) is 1.06. The first-order chi connectivity index (χ1) is 6.38. The fourth-order valence-electron chi connectivity index (χ4n) is 0.794. The Labute approximate surface area is 94.5 Å². The smallest absolute Gasteiger partial charge is 0.338 e. The quantitative estimate of drug-likeness (QED) is 0.463.